The Hall–Kier alpha value is -2.12. The number of pyridine rings is 1. The third kappa shape index (κ3) is 4.59. The summed E-state index contributed by atoms with van der Waals surface area (Å²) in [4.78, 5) is 18.9. The summed E-state index contributed by atoms with van der Waals surface area (Å²) >= 11 is 0. The molecule has 1 amide bonds. The van der Waals surface area contributed by atoms with Crippen LogP contribution in [0, 0.1) is 13.8 Å². The first-order valence-electron chi connectivity index (χ1n) is 9.01. The van der Waals surface area contributed by atoms with Gasteiger partial charge in [-0.05, 0) is 39.3 Å². The van der Waals surface area contributed by atoms with Gasteiger partial charge in [0.05, 0.1) is 25.4 Å². The van der Waals surface area contributed by atoms with E-state index < -0.39 is 0 Å². The summed E-state index contributed by atoms with van der Waals surface area (Å²) in [5, 5.41) is 7.88. The molecule has 148 valence electrons. The van der Waals surface area contributed by atoms with Crippen molar-refractivity contribution in [1.82, 2.24) is 25.0 Å². The van der Waals surface area contributed by atoms with Crippen LogP contribution in [0.15, 0.2) is 18.5 Å². The number of rotatable bonds is 5. The second-order valence-electron chi connectivity index (χ2n) is 6.89. The summed E-state index contributed by atoms with van der Waals surface area (Å²) in [6, 6.07) is 2.12. The van der Waals surface area contributed by atoms with Crippen LogP contribution < -0.4 is 10.1 Å². The van der Waals surface area contributed by atoms with Gasteiger partial charge in [-0.15, -0.1) is 12.4 Å². The van der Waals surface area contributed by atoms with Gasteiger partial charge in [0.1, 0.15) is 11.4 Å². The number of nitrogens with zero attached hydrogens (tertiary/aromatic N) is 4. The SMILES string of the molecule is COc1c(C)cnc(CN(C)C(=O)c2ccn(C3CCCNC3)n2)c1C.Cl. The maximum atomic E-state index is 12.8. The molecule has 8 heteroatoms. The normalized spacial score (nSPS) is 16.5. The van der Waals surface area contributed by atoms with Gasteiger partial charge >= 0.3 is 0 Å². The first-order chi connectivity index (χ1) is 12.5. The molecule has 0 radical (unpaired) electrons. The van der Waals surface area contributed by atoms with Gasteiger partial charge in [0.15, 0.2) is 0 Å². The van der Waals surface area contributed by atoms with E-state index in [1.807, 2.05) is 24.7 Å². The molecule has 2 aromatic heterocycles. The van der Waals surface area contributed by atoms with Gasteiger partial charge < -0.3 is 15.0 Å². The van der Waals surface area contributed by atoms with E-state index in [0.29, 0.717) is 18.3 Å². The van der Waals surface area contributed by atoms with E-state index in [4.69, 9.17) is 4.74 Å². The first-order valence-corrected chi connectivity index (χ1v) is 9.01. The predicted molar refractivity (Wildman–Crippen MR) is 107 cm³/mol. The highest BCUT2D eigenvalue weighted by molar-refractivity contribution is 5.92. The van der Waals surface area contributed by atoms with E-state index >= 15 is 0 Å². The second kappa shape index (κ2) is 9.19. The fourth-order valence-electron chi connectivity index (χ4n) is 3.44. The van der Waals surface area contributed by atoms with Gasteiger partial charge in [0.25, 0.3) is 5.91 Å². The summed E-state index contributed by atoms with van der Waals surface area (Å²) in [5.74, 6) is 0.721. The van der Waals surface area contributed by atoms with Crippen LogP contribution in [-0.2, 0) is 6.54 Å². The van der Waals surface area contributed by atoms with E-state index in [-0.39, 0.29) is 18.3 Å². The average molecular weight is 394 g/mol. The zero-order valence-electron chi connectivity index (χ0n) is 16.4. The van der Waals surface area contributed by atoms with Gasteiger partial charge in [-0.25, -0.2) is 0 Å². The smallest absolute Gasteiger partial charge is 0.274 e. The number of hydrogen-bond donors (Lipinski definition) is 1. The van der Waals surface area contributed by atoms with Crippen LogP contribution in [0.4, 0.5) is 0 Å². The lowest BCUT2D eigenvalue weighted by molar-refractivity contribution is 0.0775. The monoisotopic (exact) mass is 393 g/mol. The van der Waals surface area contributed by atoms with Crippen molar-refractivity contribution >= 4 is 18.3 Å². The molecule has 1 saturated heterocycles. The quantitative estimate of drug-likeness (QED) is 0.845. The van der Waals surface area contributed by atoms with Crippen molar-refractivity contribution in [2.45, 2.75) is 39.3 Å². The number of ether oxygens (including phenoxy) is 1. The van der Waals surface area contributed by atoms with Crippen molar-refractivity contribution in [3.63, 3.8) is 0 Å². The maximum absolute atomic E-state index is 12.8. The molecule has 7 nitrogen and oxygen atoms in total. The van der Waals surface area contributed by atoms with Crippen LogP contribution in [0.1, 0.15) is 46.2 Å². The Morgan fingerprint density at radius 3 is 2.89 bits per heavy atom. The number of halogens is 1. The summed E-state index contributed by atoms with van der Waals surface area (Å²) in [6.45, 7) is 6.30. The number of carbonyl (C=O) groups excluding carboxylic acids is 1. The molecule has 0 saturated carbocycles. The Bertz CT molecular complexity index is 786. The van der Waals surface area contributed by atoms with Crippen LogP contribution in [0.25, 0.3) is 0 Å². The number of aromatic nitrogens is 3. The molecule has 0 aromatic carbocycles. The number of nitrogens with one attached hydrogen (secondary N) is 1. The van der Waals surface area contributed by atoms with Crippen molar-refractivity contribution in [2.24, 2.45) is 0 Å². The number of hydrogen-bond acceptors (Lipinski definition) is 5. The number of amides is 1. The molecular weight excluding hydrogens is 366 g/mol. The Balaban J connectivity index is 0.00000261. The van der Waals surface area contributed by atoms with Gasteiger partial charge in [-0.2, -0.15) is 5.10 Å². The topological polar surface area (TPSA) is 72.3 Å². The Morgan fingerprint density at radius 1 is 1.44 bits per heavy atom. The molecule has 3 heterocycles. The number of piperidine rings is 1. The standard InChI is InChI=1S/C19H27N5O2.ClH/c1-13-10-21-17(14(2)18(13)26-4)12-23(3)19(25)16-7-9-24(22-16)15-6-5-8-20-11-15;/h7,9-10,15,20H,5-6,8,11-12H2,1-4H3;1H. The van der Waals surface area contributed by atoms with E-state index in [0.717, 1.165) is 48.5 Å². The second-order valence-corrected chi connectivity index (χ2v) is 6.89. The Kier molecular flexibility index (Phi) is 7.21. The molecule has 1 aliphatic rings. The molecule has 0 spiro atoms. The lowest BCUT2D eigenvalue weighted by Gasteiger charge is -2.23. The lowest BCUT2D eigenvalue weighted by Crippen LogP contribution is -2.32. The fourth-order valence-corrected chi connectivity index (χ4v) is 3.44. The highest BCUT2D eigenvalue weighted by atomic mass is 35.5. The molecule has 27 heavy (non-hydrogen) atoms. The fraction of sp³-hybridized carbons (Fsp3) is 0.526. The third-order valence-corrected chi connectivity index (χ3v) is 4.96. The maximum Gasteiger partial charge on any atom is 0.274 e. The number of methoxy groups -OCH3 is 1. The van der Waals surface area contributed by atoms with Gasteiger partial charge in [0, 0.05) is 37.1 Å². The molecule has 1 fully saturated rings. The predicted octanol–water partition coefficient (Wildman–Crippen LogP) is 2.52. The van der Waals surface area contributed by atoms with E-state index in [9.17, 15) is 4.79 Å². The van der Waals surface area contributed by atoms with E-state index in [1.54, 1.807) is 31.3 Å². The number of carbonyl (C=O) groups is 1. The zero-order valence-corrected chi connectivity index (χ0v) is 17.2. The van der Waals surface area contributed by atoms with E-state index in [2.05, 4.69) is 15.4 Å². The van der Waals surface area contributed by atoms with E-state index in [1.165, 1.54) is 0 Å². The molecular formula is C19H28ClN5O2. The minimum atomic E-state index is -0.103. The van der Waals surface area contributed by atoms with Crippen molar-refractivity contribution in [1.29, 1.82) is 0 Å². The van der Waals surface area contributed by atoms with Crippen LogP contribution >= 0.6 is 12.4 Å². The van der Waals surface area contributed by atoms with Gasteiger partial charge in [-0.3, -0.25) is 14.5 Å². The van der Waals surface area contributed by atoms with Crippen molar-refractivity contribution in [3.05, 3.63) is 41.0 Å². The molecule has 1 unspecified atom stereocenters. The number of aryl methyl sites for hydroxylation is 1. The lowest BCUT2D eigenvalue weighted by atomic mass is 10.1. The Labute approximate surface area is 166 Å². The van der Waals surface area contributed by atoms with Crippen molar-refractivity contribution in [3.8, 4) is 5.75 Å². The van der Waals surface area contributed by atoms with Crippen molar-refractivity contribution in [2.75, 3.05) is 27.2 Å². The summed E-state index contributed by atoms with van der Waals surface area (Å²) < 4.78 is 7.36. The van der Waals surface area contributed by atoms with Gasteiger partial charge in [0.2, 0.25) is 0 Å². The van der Waals surface area contributed by atoms with Gasteiger partial charge in [-0.1, -0.05) is 0 Å². The molecule has 1 aliphatic heterocycles. The van der Waals surface area contributed by atoms with Crippen LogP contribution in [0.2, 0.25) is 0 Å². The molecule has 3 rings (SSSR count). The average Bonchev–Trinajstić information content (AvgIpc) is 3.14. The molecule has 2 aromatic rings. The molecule has 0 aliphatic carbocycles. The summed E-state index contributed by atoms with van der Waals surface area (Å²) in [7, 11) is 3.43. The zero-order chi connectivity index (χ0) is 18.7. The minimum absolute atomic E-state index is 0. The summed E-state index contributed by atoms with van der Waals surface area (Å²) in [5.41, 5.74) is 3.25. The first kappa shape index (κ1) is 21.2. The highest BCUT2D eigenvalue weighted by Gasteiger charge is 2.21. The van der Waals surface area contributed by atoms with Crippen molar-refractivity contribution < 1.29 is 9.53 Å². The summed E-state index contributed by atoms with van der Waals surface area (Å²) in [6.07, 6.45) is 5.90. The largest absolute Gasteiger partial charge is 0.496 e. The van der Waals surface area contributed by atoms with Crippen LogP contribution in [0.3, 0.4) is 0 Å². The third-order valence-electron chi connectivity index (χ3n) is 4.96. The highest BCUT2D eigenvalue weighted by Crippen LogP contribution is 2.25. The minimum Gasteiger partial charge on any atom is -0.496 e. The Morgan fingerprint density at radius 2 is 2.22 bits per heavy atom. The molecule has 1 atom stereocenters. The molecule has 1 N–H and O–H groups in total. The molecule has 0 bridgehead atoms. The van der Waals surface area contributed by atoms with Crippen LogP contribution in [0.5, 0.6) is 5.75 Å². The van der Waals surface area contributed by atoms with Crippen LogP contribution in [-0.4, -0.2) is 52.8 Å².